The lowest BCUT2D eigenvalue weighted by Crippen LogP contribution is -2.23. The first-order valence-corrected chi connectivity index (χ1v) is 5.93. The quantitative estimate of drug-likeness (QED) is 0.816. The highest BCUT2D eigenvalue weighted by Crippen LogP contribution is 2.29. The van der Waals surface area contributed by atoms with Crippen LogP contribution >= 0.6 is 11.3 Å². The maximum absolute atomic E-state index is 9.37. The van der Waals surface area contributed by atoms with Crippen LogP contribution in [0.1, 0.15) is 36.6 Å². The summed E-state index contributed by atoms with van der Waals surface area (Å²) < 4.78 is 0. The van der Waals surface area contributed by atoms with Crippen molar-refractivity contribution in [3.05, 3.63) is 16.1 Å². The van der Waals surface area contributed by atoms with Gasteiger partial charge in [-0.1, -0.05) is 20.3 Å². The molecule has 0 aromatic carbocycles. The van der Waals surface area contributed by atoms with Crippen molar-refractivity contribution in [3.63, 3.8) is 0 Å². The number of nitrogens with zero attached hydrogens (tertiary/aromatic N) is 1. The van der Waals surface area contributed by atoms with Gasteiger partial charge < -0.3 is 5.11 Å². The topological polar surface area (TPSA) is 33.1 Å². The predicted molar refractivity (Wildman–Crippen MR) is 60.7 cm³/mol. The minimum Gasteiger partial charge on any atom is -0.396 e. The second-order valence-electron chi connectivity index (χ2n) is 4.24. The van der Waals surface area contributed by atoms with Gasteiger partial charge in [0, 0.05) is 17.7 Å². The number of thiazole rings is 1. The summed E-state index contributed by atoms with van der Waals surface area (Å²) in [6.07, 6.45) is 5.07. The van der Waals surface area contributed by atoms with Crippen LogP contribution in [-0.2, 0) is 6.42 Å². The average molecular weight is 213 g/mol. The van der Waals surface area contributed by atoms with E-state index in [9.17, 15) is 5.11 Å². The van der Waals surface area contributed by atoms with E-state index < -0.39 is 0 Å². The Bertz CT molecular complexity index is 285. The summed E-state index contributed by atoms with van der Waals surface area (Å²) in [6, 6.07) is 0. The molecule has 0 spiro atoms. The zero-order valence-electron chi connectivity index (χ0n) is 9.21. The molecule has 80 valence electrons. The van der Waals surface area contributed by atoms with Crippen LogP contribution in [-0.4, -0.2) is 16.7 Å². The normalized spacial score (nSPS) is 15.4. The minimum absolute atomic E-state index is 0.0354. The molecule has 0 amide bonds. The van der Waals surface area contributed by atoms with Crippen molar-refractivity contribution in [3.8, 4) is 0 Å². The zero-order chi connectivity index (χ0) is 10.6. The molecular formula is C11H19NOS. The van der Waals surface area contributed by atoms with Crippen LogP contribution in [0.15, 0.2) is 6.20 Å². The summed E-state index contributed by atoms with van der Waals surface area (Å²) in [7, 11) is 0. The molecule has 1 unspecified atom stereocenters. The summed E-state index contributed by atoms with van der Waals surface area (Å²) >= 11 is 1.73. The van der Waals surface area contributed by atoms with Crippen LogP contribution in [0.3, 0.4) is 0 Å². The first kappa shape index (κ1) is 11.7. The van der Waals surface area contributed by atoms with Crippen LogP contribution in [0.4, 0.5) is 0 Å². The number of hydrogen-bond donors (Lipinski definition) is 1. The predicted octanol–water partition coefficient (Wildman–Crippen LogP) is 2.79. The van der Waals surface area contributed by atoms with Crippen molar-refractivity contribution in [1.29, 1.82) is 0 Å². The Labute approximate surface area is 90.0 Å². The number of aryl methyl sites for hydroxylation is 1. The van der Waals surface area contributed by atoms with E-state index >= 15 is 0 Å². The van der Waals surface area contributed by atoms with E-state index in [-0.39, 0.29) is 12.0 Å². The van der Waals surface area contributed by atoms with Crippen LogP contribution < -0.4 is 0 Å². The molecule has 0 aliphatic rings. The molecule has 0 bridgehead atoms. The maximum atomic E-state index is 9.37. The number of rotatable bonds is 5. The van der Waals surface area contributed by atoms with Crippen LogP contribution in [0.5, 0.6) is 0 Å². The zero-order valence-corrected chi connectivity index (χ0v) is 10.0. The molecule has 2 nitrogen and oxygen atoms in total. The molecule has 0 saturated carbocycles. The van der Waals surface area contributed by atoms with Gasteiger partial charge in [0.25, 0.3) is 0 Å². The lowest BCUT2D eigenvalue weighted by Gasteiger charge is -2.25. The summed E-state index contributed by atoms with van der Waals surface area (Å²) in [5, 5.41) is 10.5. The highest BCUT2D eigenvalue weighted by Gasteiger charge is 2.23. The van der Waals surface area contributed by atoms with Gasteiger partial charge in [-0.05, 0) is 25.2 Å². The molecule has 3 heteroatoms. The van der Waals surface area contributed by atoms with E-state index in [1.807, 2.05) is 13.1 Å². The van der Waals surface area contributed by atoms with Gasteiger partial charge in [-0.15, -0.1) is 11.3 Å². The molecule has 1 aromatic heterocycles. The second kappa shape index (κ2) is 4.89. The van der Waals surface area contributed by atoms with E-state index in [4.69, 9.17) is 0 Å². The van der Waals surface area contributed by atoms with Gasteiger partial charge in [0.05, 0.1) is 5.01 Å². The highest BCUT2D eigenvalue weighted by molar-refractivity contribution is 7.11. The Balaban J connectivity index is 2.64. The molecule has 1 aromatic rings. The minimum atomic E-state index is 0.0354. The third-order valence-electron chi connectivity index (χ3n) is 2.51. The summed E-state index contributed by atoms with van der Waals surface area (Å²) in [6.45, 7) is 6.58. The second-order valence-corrected chi connectivity index (χ2v) is 5.56. The van der Waals surface area contributed by atoms with Gasteiger partial charge in [-0.2, -0.15) is 0 Å². The molecular weight excluding hydrogens is 194 g/mol. The summed E-state index contributed by atoms with van der Waals surface area (Å²) in [5.74, 6) is 0. The van der Waals surface area contributed by atoms with E-state index in [1.165, 1.54) is 4.88 Å². The van der Waals surface area contributed by atoms with Gasteiger partial charge in [0.15, 0.2) is 0 Å². The summed E-state index contributed by atoms with van der Waals surface area (Å²) in [4.78, 5) is 5.52. The Morgan fingerprint density at radius 2 is 2.29 bits per heavy atom. The van der Waals surface area contributed by atoms with Gasteiger partial charge >= 0.3 is 0 Å². The van der Waals surface area contributed by atoms with Gasteiger partial charge in [-0.3, -0.25) is 0 Å². The van der Waals surface area contributed by atoms with Crippen LogP contribution in [0, 0.1) is 12.3 Å². The van der Waals surface area contributed by atoms with Gasteiger partial charge in [0.2, 0.25) is 0 Å². The lowest BCUT2D eigenvalue weighted by molar-refractivity contribution is 0.132. The molecule has 0 radical (unpaired) electrons. The third kappa shape index (κ3) is 3.07. The molecule has 1 heterocycles. The van der Waals surface area contributed by atoms with Crippen molar-refractivity contribution in [2.45, 2.75) is 40.0 Å². The molecule has 14 heavy (non-hydrogen) atoms. The number of aliphatic hydroxyl groups excluding tert-OH is 1. The van der Waals surface area contributed by atoms with Crippen LogP contribution in [0.25, 0.3) is 0 Å². The van der Waals surface area contributed by atoms with Gasteiger partial charge in [-0.25, -0.2) is 4.98 Å². The van der Waals surface area contributed by atoms with Crippen LogP contribution in [0.2, 0.25) is 0 Å². The smallest absolute Gasteiger partial charge is 0.0896 e. The Morgan fingerprint density at radius 3 is 2.71 bits per heavy atom. The fourth-order valence-electron chi connectivity index (χ4n) is 1.73. The van der Waals surface area contributed by atoms with E-state index in [0.29, 0.717) is 0 Å². The van der Waals surface area contributed by atoms with Crippen molar-refractivity contribution >= 4 is 11.3 Å². The first-order valence-electron chi connectivity index (χ1n) is 5.12. The van der Waals surface area contributed by atoms with E-state index in [0.717, 1.165) is 24.3 Å². The monoisotopic (exact) mass is 213 g/mol. The van der Waals surface area contributed by atoms with E-state index in [2.05, 4.69) is 18.8 Å². The van der Waals surface area contributed by atoms with Gasteiger partial charge in [0.1, 0.15) is 0 Å². The Kier molecular flexibility index (Phi) is 4.08. The third-order valence-corrected chi connectivity index (χ3v) is 3.42. The molecule has 1 N–H and O–H groups in total. The molecule has 1 atom stereocenters. The molecule has 0 saturated heterocycles. The highest BCUT2D eigenvalue weighted by atomic mass is 32.1. The standard InChI is InChI=1S/C11H19NOS/c1-4-5-11(3,8-13)6-10-7-12-9(2)14-10/h7,13H,4-6,8H2,1-3H3. The number of hydrogen-bond acceptors (Lipinski definition) is 3. The Morgan fingerprint density at radius 1 is 1.57 bits per heavy atom. The number of aliphatic hydroxyl groups is 1. The molecule has 0 aliphatic heterocycles. The number of aromatic nitrogens is 1. The fraction of sp³-hybridized carbons (Fsp3) is 0.727. The summed E-state index contributed by atoms with van der Waals surface area (Å²) in [5.41, 5.74) is 0.0354. The largest absolute Gasteiger partial charge is 0.396 e. The molecule has 0 fully saturated rings. The van der Waals surface area contributed by atoms with Crippen molar-refractivity contribution in [2.24, 2.45) is 5.41 Å². The SMILES string of the molecule is CCCC(C)(CO)Cc1cnc(C)s1. The lowest BCUT2D eigenvalue weighted by atomic mass is 9.83. The van der Waals surface area contributed by atoms with E-state index in [1.54, 1.807) is 11.3 Å². The molecule has 0 aliphatic carbocycles. The van der Waals surface area contributed by atoms with Crippen molar-refractivity contribution in [1.82, 2.24) is 4.98 Å². The fourth-order valence-corrected chi connectivity index (χ4v) is 2.75. The first-order chi connectivity index (χ1) is 6.59. The maximum Gasteiger partial charge on any atom is 0.0896 e. The molecule has 1 rings (SSSR count). The van der Waals surface area contributed by atoms with Crippen molar-refractivity contribution in [2.75, 3.05) is 6.61 Å². The Hall–Kier alpha value is -0.410. The van der Waals surface area contributed by atoms with Crippen molar-refractivity contribution < 1.29 is 5.11 Å². The average Bonchev–Trinajstić information content (AvgIpc) is 2.51.